The molecule has 0 unspecified atom stereocenters. The number of sulfonamides is 1. The number of aryl methyl sites for hydroxylation is 2. The van der Waals surface area contributed by atoms with Gasteiger partial charge in [0.15, 0.2) is 0 Å². The molecule has 0 radical (unpaired) electrons. The molecule has 3 aromatic rings. The van der Waals surface area contributed by atoms with E-state index in [-0.39, 0.29) is 4.90 Å². The van der Waals surface area contributed by atoms with Crippen molar-refractivity contribution in [3.8, 4) is 11.4 Å². The van der Waals surface area contributed by atoms with E-state index in [1.54, 1.807) is 25.1 Å². The van der Waals surface area contributed by atoms with Gasteiger partial charge in [0, 0.05) is 17.1 Å². The Balaban J connectivity index is 1.66. The first-order valence-electron chi connectivity index (χ1n) is 9.05. The van der Waals surface area contributed by atoms with Crippen LogP contribution in [0.3, 0.4) is 0 Å². The standard InChI is InChI=1S/C20H20ClN3O3S/c1-13-5-7-15(8-6-13)19-22-20(27-23-19)17-4-3-11-24(17)28(25,26)18-10-9-16(21)12-14(18)2/h5-10,12,17H,3-4,11H2,1-2H3/t17-/m0/s1. The lowest BCUT2D eigenvalue weighted by atomic mass is 10.1. The van der Waals surface area contributed by atoms with Crippen LogP contribution in [0, 0.1) is 13.8 Å². The van der Waals surface area contributed by atoms with Crippen molar-refractivity contribution in [1.29, 1.82) is 0 Å². The summed E-state index contributed by atoms with van der Waals surface area (Å²) in [7, 11) is -3.70. The smallest absolute Gasteiger partial charge is 0.245 e. The Labute approximate surface area is 169 Å². The summed E-state index contributed by atoms with van der Waals surface area (Å²) >= 11 is 5.98. The van der Waals surface area contributed by atoms with Gasteiger partial charge in [-0.15, -0.1) is 0 Å². The zero-order valence-corrected chi connectivity index (χ0v) is 17.2. The molecule has 6 nitrogen and oxygen atoms in total. The molecule has 1 fully saturated rings. The van der Waals surface area contributed by atoms with E-state index in [1.807, 2.05) is 31.2 Å². The lowest BCUT2D eigenvalue weighted by Crippen LogP contribution is -2.31. The van der Waals surface area contributed by atoms with Crippen molar-refractivity contribution in [1.82, 2.24) is 14.4 Å². The van der Waals surface area contributed by atoms with Crippen LogP contribution in [0.15, 0.2) is 51.9 Å². The van der Waals surface area contributed by atoms with E-state index in [4.69, 9.17) is 16.1 Å². The van der Waals surface area contributed by atoms with Gasteiger partial charge in [-0.05, 0) is 50.5 Å². The van der Waals surface area contributed by atoms with Gasteiger partial charge >= 0.3 is 0 Å². The summed E-state index contributed by atoms with van der Waals surface area (Å²) in [6, 6.07) is 12.1. The fourth-order valence-corrected chi connectivity index (χ4v) is 5.58. The average molecular weight is 418 g/mol. The second kappa shape index (κ2) is 7.31. The van der Waals surface area contributed by atoms with E-state index in [1.165, 1.54) is 4.31 Å². The van der Waals surface area contributed by atoms with Crippen LogP contribution in [0.25, 0.3) is 11.4 Å². The van der Waals surface area contributed by atoms with Crippen molar-refractivity contribution in [3.63, 3.8) is 0 Å². The topological polar surface area (TPSA) is 76.3 Å². The monoisotopic (exact) mass is 417 g/mol. The van der Waals surface area contributed by atoms with Gasteiger partial charge in [-0.25, -0.2) is 8.42 Å². The van der Waals surface area contributed by atoms with Crippen molar-refractivity contribution in [3.05, 3.63) is 64.5 Å². The highest BCUT2D eigenvalue weighted by Gasteiger charge is 2.40. The van der Waals surface area contributed by atoms with Crippen LogP contribution < -0.4 is 0 Å². The summed E-state index contributed by atoms with van der Waals surface area (Å²) in [4.78, 5) is 4.73. The quantitative estimate of drug-likeness (QED) is 0.623. The molecule has 2 heterocycles. The molecule has 0 aliphatic carbocycles. The Kier molecular flexibility index (Phi) is 4.99. The fraction of sp³-hybridized carbons (Fsp3) is 0.300. The van der Waals surface area contributed by atoms with Crippen LogP contribution in [0.4, 0.5) is 0 Å². The Bertz CT molecular complexity index is 1110. The molecule has 1 aliphatic rings. The predicted molar refractivity (Wildman–Crippen MR) is 107 cm³/mol. The molecule has 4 rings (SSSR count). The second-order valence-corrected chi connectivity index (χ2v) is 9.30. The highest BCUT2D eigenvalue weighted by Crippen LogP contribution is 2.37. The van der Waals surface area contributed by atoms with Crippen LogP contribution in [-0.4, -0.2) is 29.4 Å². The minimum atomic E-state index is -3.70. The fourth-order valence-electron chi connectivity index (χ4n) is 3.49. The maximum atomic E-state index is 13.3. The van der Waals surface area contributed by atoms with E-state index in [2.05, 4.69) is 10.1 Å². The van der Waals surface area contributed by atoms with Crippen LogP contribution in [0.1, 0.15) is 35.9 Å². The summed E-state index contributed by atoms with van der Waals surface area (Å²) < 4.78 is 33.4. The molecule has 1 aliphatic heterocycles. The SMILES string of the molecule is Cc1ccc(-c2noc([C@@H]3CCCN3S(=O)(=O)c3ccc(Cl)cc3C)n2)cc1. The molecule has 1 saturated heterocycles. The molecular formula is C20H20ClN3O3S. The largest absolute Gasteiger partial charge is 0.337 e. The number of aromatic nitrogens is 2. The highest BCUT2D eigenvalue weighted by atomic mass is 35.5. The molecule has 0 amide bonds. The van der Waals surface area contributed by atoms with E-state index in [0.29, 0.717) is 35.3 Å². The summed E-state index contributed by atoms with van der Waals surface area (Å²) in [6.07, 6.45) is 1.38. The van der Waals surface area contributed by atoms with Crippen molar-refractivity contribution in [2.45, 2.75) is 37.6 Å². The van der Waals surface area contributed by atoms with Crippen molar-refractivity contribution < 1.29 is 12.9 Å². The predicted octanol–water partition coefficient (Wildman–Crippen LogP) is 4.53. The van der Waals surface area contributed by atoms with E-state index < -0.39 is 16.1 Å². The van der Waals surface area contributed by atoms with Gasteiger partial charge in [-0.3, -0.25) is 0 Å². The summed E-state index contributed by atoms with van der Waals surface area (Å²) in [6.45, 7) is 4.16. The van der Waals surface area contributed by atoms with E-state index in [0.717, 1.165) is 17.5 Å². The first kappa shape index (κ1) is 19.1. The van der Waals surface area contributed by atoms with E-state index in [9.17, 15) is 8.42 Å². The molecule has 0 saturated carbocycles. The number of nitrogens with zero attached hydrogens (tertiary/aromatic N) is 3. The molecule has 146 valence electrons. The minimum Gasteiger partial charge on any atom is -0.337 e. The van der Waals surface area contributed by atoms with Gasteiger partial charge in [0.05, 0.1) is 4.90 Å². The summed E-state index contributed by atoms with van der Waals surface area (Å²) in [5, 5.41) is 4.56. The number of benzene rings is 2. The molecule has 0 N–H and O–H groups in total. The van der Waals surface area contributed by atoms with Crippen molar-refractivity contribution in [2.75, 3.05) is 6.54 Å². The second-order valence-electron chi connectivity index (χ2n) is 7.01. The third-order valence-corrected chi connectivity index (χ3v) is 7.27. The van der Waals surface area contributed by atoms with Gasteiger partial charge in [0.2, 0.25) is 21.7 Å². The van der Waals surface area contributed by atoms with E-state index >= 15 is 0 Å². The number of halogens is 1. The molecule has 0 spiro atoms. The van der Waals surface area contributed by atoms with Crippen molar-refractivity contribution in [2.24, 2.45) is 0 Å². The molecule has 8 heteroatoms. The molecule has 0 bridgehead atoms. The first-order valence-corrected chi connectivity index (χ1v) is 10.9. The Morgan fingerprint density at radius 2 is 1.89 bits per heavy atom. The van der Waals surface area contributed by atoms with Crippen LogP contribution >= 0.6 is 11.6 Å². The lowest BCUT2D eigenvalue weighted by Gasteiger charge is -2.22. The van der Waals surface area contributed by atoms with Crippen LogP contribution in [0.2, 0.25) is 5.02 Å². The number of rotatable bonds is 4. The number of hydrogen-bond donors (Lipinski definition) is 0. The Morgan fingerprint density at radius 1 is 1.14 bits per heavy atom. The maximum absolute atomic E-state index is 13.3. The average Bonchev–Trinajstić information content (AvgIpc) is 3.31. The molecule has 28 heavy (non-hydrogen) atoms. The third-order valence-electron chi connectivity index (χ3n) is 4.96. The Morgan fingerprint density at radius 3 is 2.61 bits per heavy atom. The van der Waals surface area contributed by atoms with Crippen LogP contribution in [-0.2, 0) is 10.0 Å². The van der Waals surface area contributed by atoms with Gasteiger partial charge in [0.1, 0.15) is 6.04 Å². The van der Waals surface area contributed by atoms with Crippen molar-refractivity contribution >= 4 is 21.6 Å². The summed E-state index contributed by atoms with van der Waals surface area (Å²) in [5.74, 6) is 0.783. The third kappa shape index (κ3) is 3.45. The molecule has 1 atom stereocenters. The Hall–Kier alpha value is -2.22. The maximum Gasteiger partial charge on any atom is 0.245 e. The minimum absolute atomic E-state index is 0.252. The molecule has 1 aromatic heterocycles. The lowest BCUT2D eigenvalue weighted by molar-refractivity contribution is 0.290. The summed E-state index contributed by atoms with van der Waals surface area (Å²) in [5.41, 5.74) is 2.59. The van der Waals surface area contributed by atoms with Crippen LogP contribution in [0.5, 0.6) is 0 Å². The molecule has 2 aromatic carbocycles. The van der Waals surface area contributed by atoms with Gasteiger partial charge in [-0.2, -0.15) is 9.29 Å². The van der Waals surface area contributed by atoms with Gasteiger partial charge < -0.3 is 4.52 Å². The number of hydrogen-bond acceptors (Lipinski definition) is 5. The highest BCUT2D eigenvalue weighted by molar-refractivity contribution is 7.89. The van der Waals surface area contributed by atoms with Gasteiger partial charge in [0.25, 0.3) is 0 Å². The zero-order chi connectivity index (χ0) is 19.9. The molecular weight excluding hydrogens is 398 g/mol. The van der Waals surface area contributed by atoms with Gasteiger partial charge in [-0.1, -0.05) is 46.6 Å². The zero-order valence-electron chi connectivity index (χ0n) is 15.6. The normalized spacial score (nSPS) is 17.9. The first-order chi connectivity index (χ1) is 13.4.